The topological polar surface area (TPSA) is 65.2 Å². The van der Waals surface area contributed by atoms with Crippen LogP contribution in [-0.2, 0) is 0 Å². The third kappa shape index (κ3) is 4.19. The molecule has 2 N–H and O–H groups in total. The normalized spacial score (nSPS) is 12.0. The van der Waals surface area contributed by atoms with E-state index in [-0.39, 0.29) is 23.6 Å². The van der Waals surface area contributed by atoms with Gasteiger partial charge in [0.15, 0.2) is 0 Å². The summed E-state index contributed by atoms with van der Waals surface area (Å²) in [4.78, 5) is 8.87. The van der Waals surface area contributed by atoms with Crippen LogP contribution in [0.2, 0.25) is 0 Å². The molecule has 0 saturated heterocycles. The van der Waals surface area contributed by atoms with E-state index in [2.05, 4.69) is 9.98 Å². The largest absolute Gasteiger partial charge is 0.507 e. The first kappa shape index (κ1) is 15.8. The van der Waals surface area contributed by atoms with Crippen LogP contribution >= 0.6 is 0 Å². The molecule has 0 aromatic heterocycles. The van der Waals surface area contributed by atoms with Crippen molar-refractivity contribution in [1.29, 1.82) is 0 Å². The number of benzene rings is 2. The number of phenolic OH excluding ortho intramolecular Hbond substituents is 2. The molecule has 0 spiro atoms. The number of nitrogens with zero attached hydrogens (tertiary/aromatic N) is 2. The quantitative estimate of drug-likeness (QED) is 0.828. The molecular formula is C18H20N2O2. The highest BCUT2D eigenvalue weighted by Gasteiger charge is 2.09. The van der Waals surface area contributed by atoms with Gasteiger partial charge in [0.25, 0.3) is 0 Å². The number of aliphatic imine (C=N–C) groups is 2. The van der Waals surface area contributed by atoms with Gasteiger partial charge in [0.05, 0.1) is 0 Å². The van der Waals surface area contributed by atoms with E-state index < -0.39 is 0 Å². The lowest BCUT2D eigenvalue weighted by atomic mass is 10.1. The fourth-order valence-electron chi connectivity index (χ4n) is 1.89. The second-order valence-corrected chi connectivity index (χ2v) is 5.33. The van der Waals surface area contributed by atoms with Crippen molar-refractivity contribution in [2.45, 2.75) is 20.0 Å². The lowest BCUT2D eigenvalue weighted by Crippen LogP contribution is -2.10. The highest BCUT2D eigenvalue weighted by molar-refractivity contribution is 5.84. The van der Waals surface area contributed by atoms with E-state index in [9.17, 15) is 10.2 Å². The Hall–Kier alpha value is -2.62. The Morgan fingerprint density at radius 1 is 0.773 bits per heavy atom. The number of aromatic hydroxyl groups is 2. The fraction of sp³-hybridized carbons (Fsp3) is 0.222. The highest BCUT2D eigenvalue weighted by atomic mass is 16.3. The fourth-order valence-corrected chi connectivity index (χ4v) is 1.89. The number of rotatable bonds is 5. The summed E-state index contributed by atoms with van der Waals surface area (Å²) in [7, 11) is 0. The van der Waals surface area contributed by atoms with E-state index in [1.54, 1.807) is 48.8 Å². The van der Waals surface area contributed by atoms with Gasteiger partial charge in [0.1, 0.15) is 17.7 Å². The molecule has 0 heterocycles. The molecule has 0 amide bonds. The maximum atomic E-state index is 9.74. The molecule has 0 saturated carbocycles. The summed E-state index contributed by atoms with van der Waals surface area (Å²) in [5.41, 5.74) is 1.32. The van der Waals surface area contributed by atoms with E-state index in [4.69, 9.17) is 0 Å². The minimum atomic E-state index is -0.279. The summed E-state index contributed by atoms with van der Waals surface area (Å²) in [6, 6.07) is 14.1. The van der Waals surface area contributed by atoms with Crippen molar-refractivity contribution < 1.29 is 10.2 Å². The van der Waals surface area contributed by atoms with Crippen LogP contribution < -0.4 is 0 Å². The summed E-state index contributed by atoms with van der Waals surface area (Å²) in [6.45, 7) is 4.05. The molecule has 2 aromatic carbocycles. The monoisotopic (exact) mass is 296 g/mol. The summed E-state index contributed by atoms with van der Waals surface area (Å²) < 4.78 is 0. The van der Waals surface area contributed by atoms with Gasteiger partial charge in [0, 0.05) is 23.6 Å². The minimum absolute atomic E-state index is 0.193. The Labute approximate surface area is 130 Å². The second kappa shape index (κ2) is 7.41. The molecule has 4 nitrogen and oxygen atoms in total. The van der Waals surface area contributed by atoms with Crippen LogP contribution in [0.3, 0.4) is 0 Å². The van der Waals surface area contributed by atoms with Gasteiger partial charge < -0.3 is 10.2 Å². The van der Waals surface area contributed by atoms with E-state index in [1.165, 1.54) is 0 Å². The predicted octanol–water partition coefficient (Wildman–Crippen LogP) is 3.62. The molecule has 0 aliphatic heterocycles. The number of phenols is 2. The molecule has 2 rings (SSSR count). The van der Waals surface area contributed by atoms with Crippen molar-refractivity contribution in [1.82, 2.24) is 0 Å². The third-order valence-corrected chi connectivity index (χ3v) is 3.20. The zero-order valence-electron chi connectivity index (χ0n) is 12.7. The number of para-hydroxylation sites is 2. The van der Waals surface area contributed by atoms with Gasteiger partial charge in [-0.15, -0.1) is 0 Å². The molecule has 22 heavy (non-hydrogen) atoms. The van der Waals surface area contributed by atoms with Gasteiger partial charge in [-0.3, -0.25) is 9.98 Å². The van der Waals surface area contributed by atoms with Crippen molar-refractivity contribution >= 4 is 12.4 Å². The Balaban J connectivity index is 2.17. The molecule has 0 atom stereocenters. The first-order valence-electron chi connectivity index (χ1n) is 7.20. The summed E-state index contributed by atoms with van der Waals surface area (Å²) in [5.74, 6) is 0.584. The molecule has 0 bridgehead atoms. The summed E-state index contributed by atoms with van der Waals surface area (Å²) in [5, 5.41) is 19.5. The van der Waals surface area contributed by atoms with Gasteiger partial charge >= 0.3 is 0 Å². The van der Waals surface area contributed by atoms with Crippen LogP contribution in [0, 0.1) is 5.92 Å². The Morgan fingerprint density at radius 3 is 1.55 bits per heavy atom. The lowest BCUT2D eigenvalue weighted by Gasteiger charge is -2.11. The van der Waals surface area contributed by atoms with Crippen molar-refractivity contribution in [2.75, 3.05) is 0 Å². The molecule has 114 valence electrons. The van der Waals surface area contributed by atoms with E-state index in [0.717, 1.165) is 0 Å². The van der Waals surface area contributed by atoms with Crippen LogP contribution in [0.15, 0.2) is 58.5 Å². The zero-order chi connectivity index (χ0) is 15.9. The minimum Gasteiger partial charge on any atom is -0.507 e. The van der Waals surface area contributed by atoms with Gasteiger partial charge in [-0.05, 0) is 30.2 Å². The van der Waals surface area contributed by atoms with Gasteiger partial charge in [-0.1, -0.05) is 38.1 Å². The second-order valence-electron chi connectivity index (χ2n) is 5.33. The molecule has 0 aliphatic carbocycles. The van der Waals surface area contributed by atoms with E-state index >= 15 is 0 Å². The Bertz CT molecular complexity index is 623. The Morgan fingerprint density at radius 2 is 1.18 bits per heavy atom. The molecule has 0 radical (unpaired) electrons. The molecule has 0 aliphatic rings. The summed E-state index contributed by atoms with van der Waals surface area (Å²) in [6.07, 6.45) is 2.98. The summed E-state index contributed by atoms with van der Waals surface area (Å²) >= 11 is 0. The average molecular weight is 296 g/mol. The maximum absolute atomic E-state index is 9.74. The smallest absolute Gasteiger partial charge is 0.141 e. The van der Waals surface area contributed by atoms with Crippen molar-refractivity contribution in [3.8, 4) is 11.5 Å². The lowest BCUT2D eigenvalue weighted by molar-refractivity contribution is 0.474. The van der Waals surface area contributed by atoms with Crippen LogP contribution in [0.1, 0.15) is 25.0 Å². The third-order valence-electron chi connectivity index (χ3n) is 3.20. The molecule has 2 aromatic rings. The van der Waals surface area contributed by atoms with Crippen molar-refractivity contribution in [2.24, 2.45) is 15.9 Å². The van der Waals surface area contributed by atoms with Gasteiger partial charge in [-0.2, -0.15) is 0 Å². The predicted molar refractivity (Wildman–Crippen MR) is 90.0 cm³/mol. The van der Waals surface area contributed by atoms with Crippen molar-refractivity contribution in [3.05, 3.63) is 59.7 Å². The first-order valence-corrected chi connectivity index (χ1v) is 7.20. The SMILES string of the molecule is CC(C)C(/N=C/c1ccccc1O)/N=C/c1ccccc1O. The van der Waals surface area contributed by atoms with E-state index in [1.807, 2.05) is 26.0 Å². The van der Waals surface area contributed by atoms with Gasteiger partial charge in [-0.25, -0.2) is 0 Å². The van der Waals surface area contributed by atoms with Crippen molar-refractivity contribution in [3.63, 3.8) is 0 Å². The average Bonchev–Trinajstić information content (AvgIpc) is 2.50. The Kier molecular flexibility index (Phi) is 5.31. The zero-order valence-corrected chi connectivity index (χ0v) is 12.7. The van der Waals surface area contributed by atoms with E-state index in [0.29, 0.717) is 11.1 Å². The molecule has 0 unspecified atom stereocenters. The number of hydrogen-bond acceptors (Lipinski definition) is 4. The standard InChI is InChI=1S/C18H20N2O2/c1-13(2)18(19-11-14-7-3-5-9-16(14)21)20-12-15-8-4-6-10-17(15)22/h3-13,18,21-22H,1-2H3/b19-11+,20-12+. The van der Waals surface area contributed by atoms with Crippen LogP contribution in [-0.4, -0.2) is 28.8 Å². The van der Waals surface area contributed by atoms with Crippen LogP contribution in [0.5, 0.6) is 11.5 Å². The molecular weight excluding hydrogens is 276 g/mol. The molecule has 0 fully saturated rings. The molecule has 4 heteroatoms. The van der Waals surface area contributed by atoms with Crippen LogP contribution in [0.25, 0.3) is 0 Å². The van der Waals surface area contributed by atoms with Crippen LogP contribution in [0.4, 0.5) is 0 Å². The number of hydrogen-bond donors (Lipinski definition) is 2. The maximum Gasteiger partial charge on any atom is 0.141 e. The van der Waals surface area contributed by atoms with Gasteiger partial charge in [0.2, 0.25) is 0 Å². The first-order chi connectivity index (χ1) is 10.6. The highest BCUT2D eigenvalue weighted by Crippen LogP contribution is 2.16.